The standard InChI is InChI=1S/C25H29NO6Si/c1-15-12-16-8-7-11-33(4,5)21(16)14-20(15)31-22-13-17(27)24(32-22)25(28)26-23-18(29-2)9-6-10-19(23)30-3/h6,9-10,12-14,24H,7-8,11H2,1-5H3,(H,26,28). The van der Waals surface area contributed by atoms with Gasteiger partial charge in [0, 0.05) is 0 Å². The van der Waals surface area contributed by atoms with E-state index in [1.807, 2.05) is 6.92 Å². The molecule has 0 aromatic heterocycles. The minimum atomic E-state index is -1.52. The van der Waals surface area contributed by atoms with Crippen molar-refractivity contribution in [2.24, 2.45) is 0 Å². The van der Waals surface area contributed by atoms with Crippen molar-refractivity contribution in [3.05, 3.63) is 53.5 Å². The van der Waals surface area contributed by atoms with Crippen LogP contribution < -0.4 is 24.7 Å². The highest BCUT2D eigenvalue weighted by atomic mass is 28.3. The fourth-order valence-electron chi connectivity index (χ4n) is 4.46. The summed E-state index contributed by atoms with van der Waals surface area (Å²) in [6, 6.07) is 10.6. The van der Waals surface area contributed by atoms with Crippen LogP contribution >= 0.6 is 0 Å². The number of hydrogen-bond donors (Lipinski definition) is 1. The van der Waals surface area contributed by atoms with Crippen molar-refractivity contribution in [3.8, 4) is 17.2 Å². The predicted molar refractivity (Wildman–Crippen MR) is 128 cm³/mol. The maximum atomic E-state index is 12.9. The second kappa shape index (κ2) is 8.94. The summed E-state index contributed by atoms with van der Waals surface area (Å²) < 4.78 is 22.2. The van der Waals surface area contributed by atoms with Crippen molar-refractivity contribution >= 4 is 30.6 Å². The van der Waals surface area contributed by atoms with Crippen molar-refractivity contribution in [1.82, 2.24) is 0 Å². The van der Waals surface area contributed by atoms with Gasteiger partial charge in [0.25, 0.3) is 11.9 Å². The first-order valence-electron chi connectivity index (χ1n) is 11.0. The summed E-state index contributed by atoms with van der Waals surface area (Å²) in [6.07, 6.45) is 2.19. The summed E-state index contributed by atoms with van der Waals surface area (Å²) in [7, 11) is 1.45. The van der Waals surface area contributed by atoms with Crippen LogP contribution in [0, 0.1) is 6.92 Å². The Kier molecular flexibility index (Phi) is 6.21. The van der Waals surface area contributed by atoms with E-state index >= 15 is 0 Å². The predicted octanol–water partition coefficient (Wildman–Crippen LogP) is 3.70. The molecule has 0 fully saturated rings. The lowest BCUT2D eigenvalue weighted by Gasteiger charge is -2.31. The Hall–Kier alpha value is -3.26. The van der Waals surface area contributed by atoms with Gasteiger partial charge in [-0.05, 0) is 42.7 Å². The van der Waals surface area contributed by atoms with Gasteiger partial charge in [0.15, 0.2) is 0 Å². The van der Waals surface area contributed by atoms with Crippen LogP contribution in [0.5, 0.6) is 17.2 Å². The maximum absolute atomic E-state index is 12.9. The van der Waals surface area contributed by atoms with Gasteiger partial charge in [0.1, 0.15) is 22.9 Å². The normalized spacial score (nSPS) is 18.6. The highest BCUT2D eigenvalue weighted by Gasteiger charge is 2.37. The van der Waals surface area contributed by atoms with Gasteiger partial charge in [-0.15, -0.1) is 0 Å². The number of nitrogens with one attached hydrogen (secondary N) is 1. The number of aryl methyl sites for hydroxylation is 2. The van der Waals surface area contributed by atoms with Gasteiger partial charge < -0.3 is 24.3 Å². The molecular weight excluding hydrogens is 438 g/mol. The van der Waals surface area contributed by atoms with Crippen LogP contribution in [0.25, 0.3) is 0 Å². The molecule has 2 heterocycles. The van der Waals surface area contributed by atoms with E-state index in [9.17, 15) is 9.59 Å². The van der Waals surface area contributed by atoms with Crippen molar-refractivity contribution in [3.63, 3.8) is 0 Å². The van der Waals surface area contributed by atoms with E-state index in [0.717, 1.165) is 12.0 Å². The molecule has 0 saturated heterocycles. The Labute approximate surface area is 194 Å². The molecule has 2 aromatic carbocycles. The number of anilines is 1. The van der Waals surface area contributed by atoms with Crippen LogP contribution in [-0.2, 0) is 20.7 Å². The van der Waals surface area contributed by atoms with Gasteiger partial charge in [-0.1, -0.05) is 42.9 Å². The van der Waals surface area contributed by atoms with Gasteiger partial charge in [0.2, 0.25) is 11.9 Å². The molecule has 2 aliphatic heterocycles. The van der Waals surface area contributed by atoms with Crippen molar-refractivity contribution in [2.45, 2.75) is 45.0 Å². The van der Waals surface area contributed by atoms with Crippen molar-refractivity contribution < 1.29 is 28.5 Å². The lowest BCUT2D eigenvalue weighted by molar-refractivity contribution is -0.134. The second-order valence-electron chi connectivity index (χ2n) is 9.00. The van der Waals surface area contributed by atoms with E-state index in [2.05, 4.69) is 30.5 Å². The number of benzene rings is 2. The molecule has 2 aromatic rings. The van der Waals surface area contributed by atoms with Crippen molar-refractivity contribution in [1.29, 1.82) is 0 Å². The van der Waals surface area contributed by atoms with Crippen LogP contribution in [-0.4, -0.2) is 40.1 Å². The Balaban J connectivity index is 1.51. The number of fused-ring (bicyclic) bond motifs is 1. The number of carbonyl (C=O) groups is 2. The fraction of sp³-hybridized carbons (Fsp3) is 0.360. The number of hydrogen-bond acceptors (Lipinski definition) is 6. The van der Waals surface area contributed by atoms with E-state index in [1.54, 1.807) is 18.2 Å². The average Bonchev–Trinajstić information content (AvgIpc) is 3.14. The van der Waals surface area contributed by atoms with E-state index in [1.165, 1.54) is 43.5 Å². The Bertz CT molecular complexity index is 1120. The minimum Gasteiger partial charge on any atom is -0.494 e. The van der Waals surface area contributed by atoms with Crippen LogP contribution in [0.2, 0.25) is 19.1 Å². The van der Waals surface area contributed by atoms with E-state index in [4.69, 9.17) is 18.9 Å². The molecule has 7 nitrogen and oxygen atoms in total. The smallest absolute Gasteiger partial charge is 0.289 e. The van der Waals surface area contributed by atoms with Crippen LogP contribution in [0.3, 0.4) is 0 Å². The van der Waals surface area contributed by atoms with Crippen LogP contribution in [0.4, 0.5) is 5.69 Å². The van der Waals surface area contributed by atoms with Gasteiger partial charge in [0.05, 0.1) is 28.4 Å². The average molecular weight is 468 g/mol. The molecule has 0 aliphatic carbocycles. The number of rotatable bonds is 6. The molecule has 0 radical (unpaired) electrons. The summed E-state index contributed by atoms with van der Waals surface area (Å²) in [5.41, 5.74) is 2.70. The van der Waals surface area contributed by atoms with E-state index < -0.39 is 25.9 Å². The topological polar surface area (TPSA) is 83.1 Å². The maximum Gasteiger partial charge on any atom is 0.289 e. The zero-order chi connectivity index (χ0) is 23.8. The number of carbonyl (C=O) groups excluding carboxylic acids is 2. The summed E-state index contributed by atoms with van der Waals surface area (Å²) in [6.45, 7) is 6.71. The Morgan fingerprint density at radius 1 is 1.12 bits per heavy atom. The molecule has 174 valence electrons. The first-order chi connectivity index (χ1) is 15.7. The molecular formula is C25H29NO6Si. The summed E-state index contributed by atoms with van der Waals surface area (Å²) in [5.74, 6) is 0.381. The monoisotopic (exact) mass is 467 g/mol. The van der Waals surface area contributed by atoms with Gasteiger partial charge in [-0.3, -0.25) is 9.59 Å². The Morgan fingerprint density at radius 2 is 1.82 bits per heavy atom. The quantitative estimate of drug-likeness (QED) is 0.515. The molecule has 0 spiro atoms. The highest BCUT2D eigenvalue weighted by molar-refractivity contribution is 6.90. The molecule has 1 N–H and O–H groups in total. The zero-order valence-corrected chi connectivity index (χ0v) is 20.6. The van der Waals surface area contributed by atoms with Crippen LogP contribution in [0.15, 0.2) is 42.4 Å². The summed E-state index contributed by atoms with van der Waals surface area (Å²) in [4.78, 5) is 25.4. The van der Waals surface area contributed by atoms with Crippen molar-refractivity contribution in [2.75, 3.05) is 19.5 Å². The zero-order valence-electron chi connectivity index (χ0n) is 19.6. The lowest BCUT2D eigenvalue weighted by atomic mass is 10.1. The third kappa shape index (κ3) is 4.48. The first kappa shape index (κ1) is 22.9. The third-order valence-corrected chi connectivity index (χ3v) is 9.78. The number of amides is 1. The highest BCUT2D eigenvalue weighted by Crippen LogP contribution is 2.35. The minimum absolute atomic E-state index is 0.0190. The molecule has 0 saturated carbocycles. The SMILES string of the molecule is COc1cccc(OC)c1NC(=O)C1OC(Oc2cc3c(cc2C)CCC[Si]3(C)C)=CC1=O. The number of ether oxygens (including phenoxy) is 4. The third-order valence-electron chi connectivity index (χ3n) is 6.26. The van der Waals surface area contributed by atoms with Crippen LogP contribution in [0.1, 0.15) is 17.5 Å². The molecule has 0 bridgehead atoms. The molecule has 4 rings (SSSR count). The number of ketones is 1. The fourth-order valence-corrected chi connectivity index (χ4v) is 7.38. The number of para-hydroxylation sites is 1. The molecule has 1 atom stereocenters. The van der Waals surface area contributed by atoms with E-state index in [0.29, 0.717) is 22.9 Å². The summed E-state index contributed by atoms with van der Waals surface area (Å²) in [5, 5.41) is 4.07. The van der Waals surface area contributed by atoms with Gasteiger partial charge in [-0.2, -0.15) is 0 Å². The molecule has 1 unspecified atom stereocenters. The first-order valence-corrected chi connectivity index (χ1v) is 14.2. The second-order valence-corrected chi connectivity index (χ2v) is 13.8. The van der Waals surface area contributed by atoms with Gasteiger partial charge >= 0.3 is 0 Å². The summed E-state index contributed by atoms with van der Waals surface area (Å²) >= 11 is 0. The van der Waals surface area contributed by atoms with E-state index in [-0.39, 0.29) is 5.95 Å². The molecule has 33 heavy (non-hydrogen) atoms. The molecule has 8 heteroatoms. The van der Waals surface area contributed by atoms with Gasteiger partial charge in [-0.25, -0.2) is 0 Å². The molecule has 2 aliphatic rings. The molecule has 1 amide bonds. The Morgan fingerprint density at radius 3 is 2.48 bits per heavy atom. The largest absolute Gasteiger partial charge is 0.494 e. The number of methoxy groups -OCH3 is 2. The lowest BCUT2D eigenvalue weighted by Crippen LogP contribution is -2.46.